The van der Waals surface area contributed by atoms with Crippen LogP contribution in [0.3, 0.4) is 0 Å². The first-order valence-corrected chi connectivity index (χ1v) is 7.12. The Morgan fingerprint density at radius 3 is 1.60 bits per heavy atom. The van der Waals surface area contributed by atoms with Crippen LogP contribution in [0.2, 0.25) is 0 Å². The number of halogens is 1. The summed E-state index contributed by atoms with van der Waals surface area (Å²) in [5.74, 6) is 0.423. The number of benzene rings is 1. The highest BCUT2D eigenvalue weighted by Gasteiger charge is 2.27. The van der Waals surface area contributed by atoms with E-state index in [2.05, 4.69) is 60.6 Å². The third kappa shape index (κ3) is 4.13. The molecule has 1 rings (SSSR count). The van der Waals surface area contributed by atoms with Gasteiger partial charge in [0.15, 0.2) is 0 Å². The molecular formula is C17H30ClNO. The lowest BCUT2D eigenvalue weighted by atomic mass is 9.77. The number of phenols is 1. The van der Waals surface area contributed by atoms with Gasteiger partial charge >= 0.3 is 0 Å². The SMILES string of the molecule is CC[C@@H](N)c1cc(C(C)(C)C)c(O)c(C(C)(C)C)c1.Cl. The molecule has 0 saturated heterocycles. The minimum atomic E-state index is -0.0897. The van der Waals surface area contributed by atoms with E-state index in [0.29, 0.717) is 5.75 Å². The van der Waals surface area contributed by atoms with E-state index in [4.69, 9.17) is 5.73 Å². The van der Waals surface area contributed by atoms with Crippen molar-refractivity contribution in [2.45, 2.75) is 71.8 Å². The molecule has 0 aliphatic rings. The third-order valence-electron chi connectivity index (χ3n) is 3.62. The maximum atomic E-state index is 10.6. The van der Waals surface area contributed by atoms with Crippen LogP contribution >= 0.6 is 12.4 Å². The summed E-state index contributed by atoms with van der Waals surface area (Å²) in [5, 5.41) is 10.6. The van der Waals surface area contributed by atoms with Crippen molar-refractivity contribution < 1.29 is 5.11 Å². The first kappa shape index (κ1) is 19.3. The Kier molecular flexibility index (Phi) is 6.13. The molecule has 0 radical (unpaired) electrons. The Hall–Kier alpha value is -0.730. The second kappa shape index (κ2) is 6.36. The van der Waals surface area contributed by atoms with Gasteiger partial charge < -0.3 is 10.8 Å². The highest BCUT2D eigenvalue weighted by Crippen LogP contribution is 2.40. The predicted octanol–water partition coefficient (Wildman–Crippen LogP) is 4.82. The van der Waals surface area contributed by atoms with Gasteiger partial charge in [-0.2, -0.15) is 0 Å². The molecule has 0 amide bonds. The zero-order valence-electron chi connectivity index (χ0n) is 13.9. The van der Waals surface area contributed by atoms with Crippen molar-refractivity contribution in [3.05, 3.63) is 28.8 Å². The van der Waals surface area contributed by atoms with Crippen LogP contribution < -0.4 is 5.73 Å². The molecule has 3 N–H and O–H groups in total. The normalized spacial score (nSPS) is 13.8. The lowest BCUT2D eigenvalue weighted by Gasteiger charge is -2.29. The Morgan fingerprint density at radius 1 is 1.00 bits per heavy atom. The molecule has 0 unspecified atom stereocenters. The Balaban J connectivity index is 0.00000361. The molecule has 0 fully saturated rings. The van der Waals surface area contributed by atoms with Crippen molar-refractivity contribution in [2.75, 3.05) is 0 Å². The molecule has 20 heavy (non-hydrogen) atoms. The molecule has 0 saturated carbocycles. The standard InChI is InChI=1S/C17H29NO.ClH/c1-8-14(18)11-9-12(16(2,3)4)15(19)13(10-11)17(5,6)7;/h9-10,14,19H,8,18H2,1-7H3;1H/t14-;/m1./s1. The van der Waals surface area contributed by atoms with Crippen LogP contribution in [0.15, 0.2) is 12.1 Å². The van der Waals surface area contributed by atoms with Gasteiger partial charge in [0.2, 0.25) is 0 Å². The first-order chi connectivity index (χ1) is 8.48. The molecule has 116 valence electrons. The van der Waals surface area contributed by atoms with Crippen molar-refractivity contribution in [3.63, 3.8) is 0 Å². The van der Waals surface area contributed by atoms with E-state index in [-0.39, 0.29) is 29.3 Å². The van der Waals surface area contributed by atoms with Gasteiger partial charge in [-0.25, -0.2) is 0 Å². The van der Waals surface area contributed by atoms with Crippen LogP contribution in [-0.2, 0) is 10.8 Å². The highest BCUT2D eigenvalue weighted by atomic mass is 35.5. The number of aromatic hydroxyl groups is 1. The first-order valence-electron chi connectivity index (χ1n) is 7.12. The fraction of sp³-hybridized carbons (Fsp3) is 0.647. The number of nitrogens with two attached hydrogens (primary N) is 1. The summed E-state index contributed by atoms with van der Waals surface area (Å²) in [7, 11) is 0. The molecule has 1 aromatic carbocycles. The van der Waals surface area contributed by atoms with Gasteiger partial charge in [-0.05, 0) is 33.9 Å². The van der Waals surface area contributed by atoms with Gasteiger partial charge in [0.25, 0.3) is 0 Å². The van der Waals surface area contributed by atoms with Gasteiger partial charge in [-0.1, -0.05) is 60.6 Å². The zero-order chi connectivity index (χ0) is 15.0. The molecular weight excluding hydrogens is 270 g/mol. The van der Waals surface area contributed by atoms with Crippen molar-refractivity contribution >= 4 is 12.4 Å². The second-order valence-electron chi connectivity index (χ2n) is 7.48. The van der Waals surface area contributed by atoms with E-state index in [9.17, 15) is 5.11 Å². The van der Waals surface area contributed by atoms with E-state index in [1.807, 2.05) is 0 Å². The predicted molar refractivity (Wildman–Crippen MR) is 90.0 cm³/mol. The molecule has 0 spiro atoms. The summed E-state index contributed by atoms with van der Waals surface area (Å²) >= 11 is 0. The molecule has 1 aromatic rings. The van der Waals surface area contributed by atoms with E-state index < -0.39 is 0 Å². The van der Waals surface area contributed by atoms with E-state index in [1.165, 1.54) is 0 Å². The second-order valence-corrected chi connectivity index (χ2v) is 7.48. The Labute approximate surface area is 130 Å². The maximum absolute atomic E-state index is 10.6. The van der Waals surface area contributed by atoms with Gasteiger partial charge in [-0.15, -0.1) is 12.4 Å². The molecule has 0 aromatic heterocycles. The monoisotopic (exact) mass is 299 g/mol. The minimum Gasteiger partial charge on any atom is -0.507 e. The Morgan fingerprint density at radius 2 is 1.35 bits per heavy atom. The van der Waals surface area contributed by atoms with Crippen molar-refractivity contribution in [2.24, 2.45) is 5.73 Å². The topological polar surface area (TPSA) is 46.2 Å². The molecule has 0 aliphatic carbocycles. The van der Waals surface area contributed by atoms with Crippen LogP contribution in [0, 0.1) is 0 Å². The third-order valence-corrected chi connectivity index (χ3v) is 3.62. The number of hydrogen-bond acceptors (Lipinski definition) is 2. The van der Waals surface area contributed by atoms with Crippen LogP contribution in [0.5, 0.6) is 5.75 Å². The summed E-state index contributed by atoms with van der Waals surface area (Å²) in [6, 6.07) is 4.17. The molecule has 1 atom stereocenters. The molecule has 0 bridgehead atoms. The zero-order valence-corrected chi connectivity index (χ0v) is 14.7. The highest BCUT2D eigenvalue weighted by molar-refractivity contribution is 5.85. The van der Waals surface area contributed by atoms with Crippen LogP contribution in [-0.4, -0.2) is 5.11 Å². The fourth-order valence-corrected chi connectivity index (χ4v) is 2.25. The number of hydrogen-bond donors (Lipinski definition) is 2. The van der Waals surface area contributed by atoms with Gasteiger partial charge in [-0.3, -0.25) is 0 Å². The molecule has 0 aliphatic heterocycles. The van der Waals surface area contributed by atoms with Gasteiger partial charge in [0, 0.05) is 6.04 Å². The average molecular weight is 300 g/mol. The Bertz CT molecular complexity index is 420. The maximum Gasteiger partial charge on any atom is 0.123 e. The fourth-order valence-electron chi connectivity index (χ4n) is 2.25. The van der Waals surface area contributed by atoms with Crippen LogP contribution in [0.1, 0.15) is 77.6 Å². The molecule has 0 heterocycles. The number of rotatable bonds is 2. The van der Waals surface area contributed by atoms with Crippen molar-refractivity contribution in [1.29, 1.82) is 0 Å². The summed E-state index contributed by atoms with van der Waals surface area (Å²) in [4.78, 5) is 0. The largest absolute Gasteiger partial charge is 0.507 e. The van der Waals surface area contributed by atoms with E-state index in [0.717, 1.165) is 23.1 Å². The van der Waals surface area contributed by atoms with Crippen molar-refractivity contribution in [1.82, 2.24) is 0 Å². The van der Waals surface area contributed by atoms with Crippen molar-refractivity contribution in [3.8, 4) is 5.75 Å². The average Bonchev–Trinajstić information content (AvgIpc) is 2.25. The lowest BCUT2D eigenvalue weighted by Crippen LogP contribution is -2.20. The molecule has 2 nitrogen and oxygen atoms in total. The smallest absolute Gasteiger partial charge is 0.123 e. The van der Waals surface area contributed by atoms with Gasteiger partial charge in [0.05, 0.1) is 0 Å². The summed E-state index contributed by atoms with van der Waals surface area (Å²) in [6.07, 6.45) is 0.901. The van der Waals surface area contributed by atoms with Crippen LogP contribution in [0.4, 0.5) is 0 Å². The van der Waals surface area contributed by atoms with E-state index in [1.54, 1.807) is 0 Å². The van der Waals surface area contributed by atoms with Crippen LogP contribution in [0.25, 0.3) is 0 Å². The summed E-state index contributed by atoms with van der Waals surface area (Å²) in [5.41, 5.74) is 9.10. The quantitative estimate of drug-likeness (QED) is 0.822. The van der Waals surface area contributed by atoms with E-state index >= 15 is 0 Å². The summed E-state index contributed by atoms with van der Waals surface area (Å²) in [6.45, 7) is 14.8. The summed E-state index contributed by atoms with van der Waals surface area (Å²) < 4.78 is 0. The number of phenolic OH excluding ortho intramolecular Hbond substituents is 1. The van der Waals surface area contributed by atoms with Gasteiger partial charge in [0.1, 0.15) is 5.75 Å². The lowest BCUT2D eigenvalue weighted by molar-refractivity contribution is 0.422. The minimum absolute atomic E-state index is 0. The molecule has 3 heteroatoms.